The van der Waals surface area contributed by atoms with Crippen LogP contribution in [0.15, 0.2) is 17.2 Å². The van der Waals surface area contributed by atoms with Gasteiger partial charge < -0.3 is 15.5 Å². The van der Waals surface area contributed by atoms with Gasteiger partial charge in [-0.1, -0.05) is 0 Å². The molecule has 0 saturated carbocycles. The number of nitrogens with two attached hydrogens (primary N) is 1. The summed E-state index contributed by atoms with van der Waals surface area (Å²) in [5.74, 6) is -3.40. The first-order chi connectivity index (χ1) is 13.6. The van der Waals surface area contributed by atoms with Crippen molar-refractivity contribution < 1.29 is 26.7 Å². The van der Waals surface area contributed by atoms with Crippen LogP contribution in [0.4, 0.5) is 22.0 Å². The highest BCUT2D eigenvalue weighted by Crippen LogP contribution is 2.26. The van der Waals surface area contributed by atoms with E-state index in [0.29, 0.717) is 23.5 Å². The van der Waals surface area contributed by atoms with Crippen molar-refractivity contribution >= 4 is 11.7 Å². The Bertz CT molecular complexity index is 820. The molecule has 2 unspecified atom stereocenters. The number of fused-ring (bicyclic) bond motifs is 1. The number of alkyl halides is 2. The third kappa shape index (κ3) is 4.29. The molecule has 1 amide bonds. The Morgan fingerprint density at radius 1 is 1.21 bits per heavy atom. The Morgan fingerprint density at radius 2 is 1.86 bits per heavy atom. The van der Waals surface area contributed by atoms with Crippen molar-refractivity contribution in [3.63, 3.8) is 0 Å². The molecule has 0 aromatic heterocycles. The highest BCUT2D eigenvalue weighted by Gasteiger charge is 2.42. The summed E-state index contributed by atoms with van der Waals surface area (Å²) >= 11 is 0. The lowest BCUT2D eigenvalue weighted by atomic mass is 10.0. The first kappa shape index (κ1) is 21.3. The monoisotopic (exact) mass is 419 g/mol. The van der Waals surface area contributed by atoms with Gasteiger partial charge in [0.1, 0.15) is 18.3 Å². The minimum atomic E-state index is -2.74. The third-order valence-corrected chi connectivity index (χ3v) is 5.21. The van der Waals surface area contributed by atoms with Gasteiger partial charge in [0.05, 0.1) is 6.04 Å². The van der Waals surface area contributed by atoms with Gasteiger partial charge in [-0.2, -0.15) is 13.9 Å². The van der Waals surface area contributed by atoms with Crippen LogP contribution in [0.2, 0.25) is 0 Å². The lowest BCUT2D eigenvalue weighted by molar-refractivity contribution is -0.134. The van der Waals surface area contributed by atoms with E-state index in [9.17, 15) is 26.7 Å². The van der Waals surface area contributed by atoms with Crippen LogP contribution in [-0.2, 0) is 11.2 Å². The molecule has 1 aromatic rings. The summed E-state index contributed by atoms with van der Waals surface area (Å²) in [5, 5.41) is 4.58. The second-order valence-electron chi connectivity index (χ2n) is 7.38. The predicted octanol–water partition coefficient (Wildman–Crippen LogP) is 2.09. The van der Waals surface area contributed by atoms with E-state index in [-0.39, 0.29) is 37.0 Å². The van der Waals surface area contributed by atoms with Gasteiger partial charge in [0.2, 0.25) is 5.91 Å². The fraction of sp³-hybridized carbons (Fsp3) is 0.556. The zero-order chi connectivity index (χ0) is 21.5. The number of hydrazone groups is 1. The minimum absolute atomic E-state index is 0.0462. The zero-order valence-electron chi connectivity index (χ0n) is 16.0. The molecular formula is C18H22F5N5O. The average molecular weight is 419 g/mol. The maximum atomic E-state index is 13.8. The van der Waals surface area contributed by atoms with Gasteiger partial charge in [0.15, 0.2) is 11.6 Å². The zero-order valence-corrected chi connectivity index (χ0v) is 16.0. The van der Waals surface area contributed by atoms with Crippen LogP contribution in [0.5, 0.6) is 0 Å². The minimum Gasteiger partial charge on any atom is -0.333 e. The molecule has 3 rings (SSSR count). The number of amidine groups is 1. The Balaban J connectivity index is 1.67. The van der Waals surface area contributed by atoms with Gasteiger partial charge in [0.25, 0.3) is 0 Å². The van der Waals surface area contributed by atoms with Gasteiger partial charge in [-0.15, -0.1) is 0 Å². The van der Waals surface area contributed by atoms with Crippen LogP contribution in [0.1, 0.15) is 25.8 Å². The fourth-order valence-electron chi connectivity index (χ4n) is 3.66. The third-order valence-electron chi connectivity index (χ3n) is 5.21. The maximum absolute atomic E-state index is 13.8. The average Bonchev–Trinajstić information content (AvgIpc) is 3.09. The molecule has 0 bridgehead atoms. The van der Waals surface area contributed by atoms with Crippen molar-refractivity contribution in [1.82, 2.24) is 14.8 Å². The molecular weight excluding hydrogens is 397 g/mol. The van der Waals surface area contributed by atoms with Crippen molar-refractivity contribution in [2.24, 2.45) is 10.8 Å². The second kappa shape index (κ2) is 8.13. The molecule has 29 heavy (non-hydrogen) atoms. The van der Waals surface area contributed by atoms with Gasteiger partial charge >= 0.3 is 6.55 Å². The Labute approximate surface area is 164 Å². The van der Waals surface area contributed by atoms with Gasteiger partial charge in [-0.25, -0.2) is 18.2 Å². The molecule has 2 aliphatic heterocycles. The number of nitrogens with zero attached hydrogens (tertiary/aromatic N) is 4. The second-order valence-corrected chi connectivity index (χ2v) is 7.38. The number of hydrogen-bond acceptors (Lipinski definition) is 5. The van der Waals surface area contributed by atoms with Gasteiger partial charge in [-0.3, -0.25) is 4.79 Å². The highest BCUT2D eigenvalue weighted by molar-refractivity contribution is 5.93. The van der Waals surface area contributed by atoms with Gasteiger partial charge in [-0.05, 0) is 31.9 Å². The van der Waals surface area contributed by atoms with Crippen LogP contribution in [0.3, 0.4) is 0 Å². The smallest absolute Gasteiger partial charge is 0.331 e. The first-order valence-electron chi connectivity index (χ1n) is 9.16. The predicted molar refractivity (Wildman–Crippen MR) is 95.2 cm³/mol. The normalized spacial score (nSPS) is 22.8. The van der Waals surface area contributed by atoms with Gasteiger partial charge in [0, 0.05) is 31.1 Å². The molecule has 1 aromatic carbocycles. The lowest BCUT2D eigenvalue weighted by Crippen LogP contribution is -2.60. The van der Waals surface area contributed by atoms with E-state index in [1.165, 1.54) is 4.90 Å². The van der Waals surface area contributed by atoms with E-state index in [4.69, 9.17) is 5.73 Å². The summed E-state index contributed by atoms with van der Waals surface area (Å²) in [6, 6.07) is -0.419. The summed E-state index contributed by atoms with van der Waals surface area (Å²) < 4.78 is 66.1. The van der Waals surface area contributed by atoms with Crippen molar-refractivity contribution in [2.75, 3.05) is 13.2 Å². The van der Waals surface area contributed by atoms with Crippen molar-refractivity contribution in [1.29, 1.82) is 0 Å². The summed E-state index contributed by atoms with van der Waals surface area (Å²) in [6.07, 6.45) is -0.319. The molecule has 1 saturated heterocycles. The molecule has 0 spiro atoms. The van der Waals surface area contributed by atoms with Crippen LogP contribution in [-0.4, -0.2) is 64.4 Å². The molecule has 6 nitrogen and oxygen atoms in total. The Morgan fingerprint density at radius 3 is 2.52 bits per heavy atom. The number of amides is 1. The molecule has 160 valence electrons. The van der Waals surface area contributed by atoms with Crippen molar-refractivity contribution in [3.8, 4) is 0 Å². The molecule has 2 heterocycles. The molecule has 0 aliphatic carbocycles. The number of benzene rings is 1. The quantitative estimate of drug-likeness (QED) is 0.451. The van der Waals surface area contributed by atoms with E-state index in [2.05, 4.69) is 5.10 Å². The number of rotatable bonds is 5. The SMILES string of the molecule is CC1CN(C(=O)C[C@H](N)Cc2cc(F)c(F)cc2F)C(C)C2=NN(C(F)F)CN21. The summed E-state index contributed by atoms with van der Waals surface area (Å²) in [6.45, 7) is 0.993. The molecule has 3 atom stereocenters. The number of carbonyl (C=O) groups excluding carboxylic acids is 1. The van der Waals surface area contributed by atoms with E-state index < -0.39 is 36.1 Å². The molecule has 2 aliphatic rings. The van der Waals surface area contributed by atoms with E-state index in [0.717, 1.165) is 6.07 Å². The molecule has 0 radical (unpaired) electrons. The number of carbonyl (C=O) groups is 1. The standard InChI is InChI=1S/C18H22F5N5O/c1-9-7-26(10(2)17-25-28(18(22)23)8-27(9)17)16(29)5-12(24)3-11-4-14(20)15(21)6-13(11)19/h4,6,9-10,12,18H,3,5,7-8,24H2,1-2H3/t9?,10?,12-/m1/s1. The molecule has 1 fully saturated rings. The summed E-state index contributed by atoms with van der Waals surface area (Å²) in [4.78, 5) is 16.0. The van der Waals surface area contributed by atoms with Crippen LogP contribution >= 0.6 is 0 Å². The largest absolute Gasteiger partial charge is 0.333 e. The summed E-state index contributed by atoms with van der Waals surface area (Å²) in [7, 11) is 0. The van der Waals surface area contributed by atoms with Crippen LogP contribution in [0.25, 0.3) is 0 Å². The number of piperazine rings is 1. The Hall–Kier alpha value is -2.43. The van der Waals surface area contributed by atoms with E-state index in [1.54, 1.807) is 18.7 Å². The Kier molecular flexibility index (Phi) is 5.97. The fourth-order valence-corrected chi connectivity index (χ4v) is 3.66. The topological polar surface area (TPSA) is 65.2 Å². The van der Waals surface area contributed by atoms with E-state index in [1.807, 2.05) is 0 Å². The van der Waals surface area contributed by atoms with Crippen molar-refractivity contribution in [2.45, 2.75) is 51.4 Å². The lowest BCUT2D eigenvalue weighted by Gasteiger charge is -2.43. The molecule has 2 N–H and O–H groups in total. The first-order valence-corrected chi connectivity index (χ1v) is 9.16. The highest BCUT2D eigenvalue weighted by atomic mass is 19.3. The van der Waals surface area contributed by atoms with E-state index >= 15 is 0 Å². The maximum Gasteiger partial charge on any atom is 0.331 e. The van der Waals surface area contributed by atoms with Crippen LogP contribution in [0, 0.1) is 17.5 Å². The molecule has 11 heteroatoms. The summed E-state index contributed by atoms with van der Waals surface area (Å²) in [5.41, 5.74) is 5.82. The number of hydrogen-bond donors (Lipinski definition) is 1. The van der Waals surface area contributed by atoms with Crippen molar-refractivity contribution in [3.05, 3.63) is 35.1 Å². The number of halogens is 5. The van der Waals surface area contributed by atoms with Crippen LogP contribution < -0.4 is 5.73 Å².